The minimum absolute atomic E-state index is 0.0189. The van der Waals surface area contributed by atoms with E-state index in [0.717, 1.165) is 23.9 Å². The fourth-order valence-corrected chi connectivity index (χ4v) is 4.50. The van der Waals surface area contributed by atoms with E-state index in [9.17, 15) is 9.59 Å². The first kappa shape index (κ1) is 20.6. The summed E-state index contributed by atoms with van der Waals surface area (Å²) in [4.78, 5) is 43.1. The summed E-state index contributed by atoms with van der Waals surface area (Å²) in [6.07, 6.45) is 5.03. The molecule has 3 aromatic rings. The molecule has 2 amide bonds. The Balaban J connectivity index is 1.33. The monoisotopic (exact) mass is 434 g/mol. The highest BCUT2D eigenvalue weighted by molar-refractivity contribution is 5.95. The molecule has 0 bridgehead atoms. The van der Waals surface area contributed by atoms with E-state index in [-0.39, 0.29) is 24.4 Å². The van der Waals surface area contributed by atoms with Crippen molar-refractivity contribution in [2.24, 2.45) is 0 Å². The summed E-state index contributed by atoms with van der Waals surface area (Å²) in [7, 11) is 0. The zero-order valence-electron chi connectivity index (χ0n) is 18.1. The normalized spacial score (nSPS) is 19.0. The first-order valence-electron chi connectivity index (χ1n) is 11.0. The number of rotatable bonds is 4. The Labute approximate surface area is 186 Å². The molecule has 166 valence electrons. The van der Waals surface area contributed by atoms with Gasteiger partial charge in [0.1, 0.15) is 6.54 Å². The average Bonchev–Trinajstić information content (AvgIpc) is 3.47. The Morgan fingerprint density at radius 3 is 2.75 bits per heavy atom. The van der Waals surface area contributed by atoms with Crippen molar-refractivity contribution >= 4 is 22.8 Å². The van der Waals surface area contributed by atoms with Gasteiger partial charge >= 0.3 is 0 Å². The molecular formula is C23H26N6O3. The zero-order valence-corrected chi connectivity index (χ0v) is 18.1. The molecule has 1 aromatic carbocycles. The Morgan fingerprint density at radius 1 is 1.12 bits per heavy atom. The number of imidazole rings is 1. The lowest BCUT2D eigenvalue weighted by Gasteiger charge is -2.27. The number of morpholine rings is 1. The largest absolute Gasteiger partial charge is 0.378 e. The van der Waals surface area contributed by atoms with E-state index in [0.29, 0.717) is 49.9 Å². The number of carbonyl (C=O) groups excluding carboxylic acids is 2. The van der Waals surface area contributed by atoms with Crippen LogP contribution in [0.5, 0.6) is 0 Å². The molecule has 4 heterocycles. The predicted octanol–water partition coefficient (Wildman–Crippen LogP) is 1.97. The molecule has 0 unspecified atom stereocenters. The molecule has 9 heteroatoms. The maximum atomic E-state index is 13.2. The van der Waals surface area contributed by atoms with Crippen LogP contribution < -0.4 is 0 Å². The number of aryl methyl sites for hydroxylation is 1. The molecule has 2 aliphatic heterocycles. The molecule has 2 saturated heterocycles. The van der Waals surface area contributed by atoms with Gasteiger partial charge < -0.3 is 19.1 Å². The van der Waals surface area contributed by atoms with Crippen LogP contribution in [0.25, 0.3) is 11.0 Å². The molecule has 1 atom stereocenters. The Morgan fingerprint density at radius 2 is 1.94 bits per heavy atom. The number of hydrogen-bond acceptors (Lipinski definition) is 6. The van der Waals surface area contributed by atoms with Crippen molar-refractivity contribution in [3.8, 4) is 0 Å². The van der Waals surface area contributed by atoms with Crippen molar-refractivity contribution in [3.05, 3.63) is 53.9 Å². The van der Waals surface area contributed by atoms with Gasteiger partial charge in [-0.25, -0.2) is 15.0 Å². The van der Waals surface area contributed by atoms with Crippen molar-refractivity contribution in [1.82, 2.24) is 29.3 Å². The number of benzene rings is 1. The Bertz CT molecular complexity index is 1150. The van der Waals surface area contributed by atoms with E-state index in [4.69, 9.17) is 4.74 Å². The molecule has 0 radical (unpaired) electrons. The van der Waals surface area contributed by atoms with Gasteiger partial charge in [0.15, 0.2) is 5.82 Å². The molecule has 5 rings (SSSR count). The molecule has 0 aliphatic carbocycles. The number of fused-ring (bicyclic) bond motifs is 1. The lowest BCUT2D eigenvalue weighted by atomic mass is 10.1. The molecule has 0 spiro atoms. The fraction of sp³-hybridized carbons (Fsp3) is 0.435. The van der Waals surface area contributed by atoms with Crippen molar-refractivity contribution in [2.45, 2.75) is 32.4 Å². The van der Waals surface area contributed by atoms with Crippen LogP contribution in [0.4, 0.5) is 0 Å². The summed E-state index contributed by atoms with van der Waals surface area (Å²) >= 11 is 0. The predicted molar refractivity (Wildman–Crippen MR) is 117 cm³/mol. The summed E-state index contributed by atoms with van der Waals surface area (Å²) in [5.41, 5.74) is 2.97. The number of amides is 2. The van der Waals surface area contributed by atoms with Crippen LogP contribution in [0, 0.1) is 6.92 Å². The van der Waals surface area contributed by atoms with Crippen LogP contribution in [0.1, 0.15) is 40.8 Å². The van der Waals surface area contributed by atoms with Crippen LogP contribution in [-0.2, 0) is 16.1 Å². The smallest absolute Gasteiger partial charge is 0.257 e. The SMILES string of the molecule is Cc1nc([C@H]2CCCN2C(=O)Cn2cnc3ccccc32)ncc1C(=O)N1CCOCC1. The lowest BCUT2D eigenvalue weighted by molar-refractivity contribution is -0.132. The van der Waals surface area contributed by atoms with Crippen molar-refractivity contribution in [1.29, 1.82) is 0 Å². The minimum atomic E-state index is -0.177. The van der Waals surface area contributed by atoms with Crippen LogP contribution in [0.2, 0.25) is 0 Å². The molecule has 2 aliphatic rings. The quantitative estimate of drug-likeness (QED) is 0.623. The number of likely N-dealkylation sites (tertiary alicyclic amines) is 1. The van der Waals surface area contributed by atoms with E-state index in [2.05, 4.69) is 15.0 Å². The summed E-state index contributed by atoms with van der Waals surface area (Å²) in [5, 5.41) is 0. The van der Waals surface area contributed by atoms with Gasteiger partial charge in [0, 0.05) is 25.8 Å². The number of hydrogen-bond donors (Lipinski definition) is 0. The van der Waals surface area contributed by atoms with E-state index in [1.807, 2.05) is 40.7 Å². The molecular weight excluding hydrogens is 408 g/mol. The summed E-state index contributed by atoms with van der Waals surface area (Å²) < 4.78 is 7.21. The zero-order chi connectivity index (χ0) is 22.1. The number of carbonyl (C=O) groups is 2. The van der Waals surface area contributed by atoms with E-state index in [1.165, 1.54) is 0 Å². The van der Waals surface area contributed by atoms with Crippen molar-refractivity contribution in [3.63, 3.8) is 0 Å². The van der Waals surface area contributed by atoms with E-state index < -0.39 is 0 Å². The highest BCUT2D eigenvalue weighted by Gasteiger charge is 2.33. The first-order valence-corrected chi connectivity index (χ1v) is 11.0. The summed E-state index contributed by atoms with van der Waals surface area (Å²) in [6, 6.07) is 7.60. The lowest BCUT2D eigenvalue weighted by Crippen LogP contribution is -2.41. The molecule has 0 saturated carbocycles. The minimum Gasteiger partial charge on any atom is -0.378 e. The maximum absolute atomic E-state index is 13.2. The Kier molecular flexibility index (Phi) is 5.57. The van der Waals surface area contributed by atoms with Gasteiger partial charge in [-0.1, -0.05) is 12.1 Å². The highest BCUT2D eigenvalue weighted by atomic mass is 16.5. The second kappa shape index (κ2) is 8.66. The molecule has 0 N–H and O–H groups in total. The van der Waals surface area contributed by atoms with E-state index >= 15 is 0 Å². The number of para-hydroxylation sites is 2. The average molecular weight is 435 g/mol. The van der Waals surface area contributed by atoms with Gasteiger partial charge in [0.2, 0.25) is 5.91 Å². The Hall–Kier alpha value is -3.33. The number of aromatic nitrogens is 4. The third-order valence-electron chi connectivity index (χ3n) is 6.23. The van der Waals surface area contributed by atoms with Gasteiger partial charge in [0.25, 0.3) is 5.91 Å². The highest BCUT2D eigenvalue weighted by Crippen LogP contribution is 2.30. The second-order valence-corrected chi connectivity index (χ2v) is 8.24. The van der Waals surface area contributed by atoms with Gasteiger partial charge in [-0.2, -0.15) is 0 Å². The summed E-state index contributed by atoms with van der Waals surface area (Å²) in [5.74, 6) is 0.552. The van der Waals surface area contributed by atoms with E-state index in [1.54, 1.807) is 17.4 Å². The fourth-order valence-electron chi connectivity index (χ4n) is 4.50. The molecule has 2 fully saturated rings. The maximum Gasteiger partial charge on any atom is 0.257 e. The van der Waals surface area contributed by atoms with Gasteiger partial charge in [0.05, 0.1) is 47.9 Å². The third-order valence-corrected chi connectivity index (χ3v) is 6.23. The molecule has 2 aromatic heterocycles. The first-order chi connectivity index (χ1) is 15.6. The van der Waals surface area contributed by atoms with Crippen LogP contribution >= 0.6 is 0 Å². The van der Waals surface area contributed by atoms with Crippen molar-refractivity contribution in [2.75, 3.05) is 32.8 Å². The number of ether oxygens (including phenoxy) is 1. The van der Waals surface area contributed by atoms with Gasteiger partial charge in [-0.05, 0) is 31.9 Å². The topological polar surface area (TPSA) is 93.5 Å². The van der Waals surface area contributed by atoms with Crippen LogP contribution in [-0.4, -0.2) is 74.0 Å². The van der Waals surface area contributed by atoms with Crippen molar-refractivity contribution < 1.29 is 14.3 Å². The number of nitrogens with zero attached hydrogens (tertiary/aromatic N) is 6. The van der Waals surface area contributed by atoms with Gasteiger partial charge in [-0.3, -0.25) is 9.59 Å². The van der Waals surface area contributed by atoms with Crippen LogP contribution in [0.3, 0.4) is 0 Å². The molecule has 32 heavy (non-hydrogen) atoms. The standard InChI is InChI=1S/C23H26N6O3/c1-16-17(23(31)27-9-11-32-12-10-27)13-24-22(26-16)20-7-4-8-29(20)21(30)14-28-15-25-18-5-2-3-6-19(18)28/h2-3,5-6,13,15,20H,4,7-12,14H2,1H3/t20-/m1/s1. The second-order valence-electron chi connectivity index (χ2n) is 8.24. The van der Waals surface area contributed by atoms with Crippen LogP contribution in [0.15, 0.2) is 36.8 Å². The summed E-state index contributed by atoms with van der Waals surface area (Å²) in [6.45, 7) is 4.99. The third kappa shape index (κ3) is 3.84. The van der Waals surface area contributed by atoms with Gasteiger partial charge in [-0.15, -0.1) is 0 Å². The molecule has 9 nitrogen and oxygen atoms in total.